The third-order valence-electron chi connectivity index (χ3n) is 5.40. The summed E-state index contributed by atoms with van der Waals surface area (Å²) < 4.78 is 12.9. The maximum Gasteiger partial charge on any atom is 0.325 e. The maximum atomic E-state index is 13.3. The fraction of sp³-hybridized carbons (Fsp3) is 0.429. The van der Waals surface area contributed by atoms with Gasteiger partial charge in [-0.15, -0.1) is 0 Å². The number of ether oxygens (including phenoxy) is 1. The van der Waals surface area contributed by atoms with Crippen LogP contribution in [0.4, 0.5) is 10.5 Å². The van der Waals surface area contributed by atoms with Crippen LogP contribution < -0.4 is 4.90 Å². The Hall–Kier alpha value is -3.20. The minimum Gasteiger partial charge on any atom is -0.378 e. The van der Waals surface area contributed by atoms with Gasteiger partial charge in [-0.3, -0.25) is 9.47 Å². The number of hydrogen-bond acceptors (Lipinski definition) is 6. The molecule has 0 bridgehead atoms. The summed E-state index contributed by atoms with van der Waals surface area (Å²) in [4.78, 5) is 26.1. The van der Waals surface area contributed by atoms with Gasteiger partial charge in [0.05, 0.1) is 36.8 Å². The summed E-state index contributed by atoms with van der Waals surface area (Å²) in [6.07, 6.45) is 1.76. The molecule has 0 spiro atoms. The number of rotatable bonds is 1. The number of carbonyl (C=O) groups is 1. The summed E-state index contributed by atoms with van der Waals surface area (Å²) in [7, 11) is 0. The average Bonchev–Trinajstić information content (AvgIpc) is 3.40. The zero-order chi connectivity index (χ0) is 20.9. The van der Waals surface area contributed by atoms with Crippen molar-refractivity contribution in [3.8, 4) is 17.2 Å². The lowest BCUT2D eigenvalue weighted by Crippen LogP contribution is -2.49. The van der Waals surface area contributed by atoms with Crippen molar-refractivity contribution in [3.05, 3.63) is 42.2 Å². The van der Waals surface area contributed by atoms with Crippen molar-refractivity contribution < 1.29 is 14.1 Å². The molecule has 0 saturated carbocycles. The predicted molar refractivity (Wildman–Crippen MR) is 110 cm³/mol. The molecule has 0 atom stereocenters. The zero-order valence-corrected chi connectivity index (χ0v) is 17.3. The first-order chi connectivity index (χ1) is 14.4. The third kappa shape index (κ3) is 3.06. The molecule has 1 saturated heterocycles. The van der Waals surface area contributed by atoms with E-state index in [1.807, 2.05) is 54.5 Å². The highest BCUT2D eigenvalue weighted by molar-refractivity contribution is 5.95. The second-order valence-electron chi connectivity index (χ2n) is 8.54. The Bertz CT molecular complexity index is 1090. The molecule has 0 radical (unpaired) electrons. The van der Waals surface area contributed by atoms with Crippen molar-refractivity contribution in [2.24, 2.45) is 0 Å². The van der Waals surface area contributed by atoms with Crippen molar-refractivity contribution in [2.45, 2.75) is 32.7 Å². The molecule has 3 aromatic rings. The minimum atomic E-state index is -0.254. The number of benzene rings is 1. The van der Waals surface area contributed by atoms with Gasteiger partial charge in [0.15, 0.2) is 0 Å². The topological polar surface area (TPSA) is 89.5 Å². The molecule has 5 rings (SSSR count). The molecule has 0 N–H and O–H groups in total. The van der Waals surface area contributed by atoms with Gasteiger partial charge in [-0.25, -0.2) is 9.78 Å². The third-order valence-corrected chi connectivity index (χ3v) is 5.40. The number of carbonyl (C=O) groups excluding carboxylic acids is 1. The van der Waals surface area contributed by atoms with Gasteiger partial charge in [0.2, 0.25) is 11.7 Å². The van der Waals surface area contributed by atoms with Gasteiger partial charge in [0, 0.05) is 18.5 Å². The molecule has 9 nitrogen and oxygen atoms in total. The second-order valence-corrected chi connectivity index (χ2v) is 8.54. The number of morpholine rings is 1. The highest BCUT2D eigenvalue weighted by Gasteiger charge is 2.33. The molecular weight excluding hydrogens is 384 g/mol. The van der Waals surface area contributed by atoms with Crippen molar-refractivity contribution in [3.63, 3.8) is 0 Å². The molecular formula is C21H24N6O3. The minimum absolute atomic E-state index is 0.0346. The van der Waals surface area contributed by atoms with Gasteiger partial charge >= 0.3 is 6.03 Å². The number of imidazole rings is 1. The van der Waals surface area contributed by atoms with Crippen LogP contribution in [0.25, 0.3) is 17.2 Å². The average molecular weight is 408 g/mol. The lowest BCUT2D eigenvalue weighted by atomic mass is 9.97. The van der Waals surface area contributed by atoms with Crippen LogP contribution in [-0.4, -0.2) is 56.9 Å². The van der Waals surface area contributed by atoms with E-state index in [2.05, 4.69) is 15.1 Å². The van der Waals surface area contributed by atoms with Gasteiger partial charge in [-0.05, 0) is 12.1 Å². The fourth-order valence-corrected chi connectivity index (χ4v) is 3.77. The molecule has 0 unspecified atom stereocenters. The molecule has 1 aromatic carbocycles. The first kappa shape index (κ1) is 18.8. The van der Waals surface area contributed by atoms with E-state index < -0.39 is 0 Å². The number of amides is 2. The van der Waals surface area contributed by atoms with E-state index >= 15 is 0 Å². The number of fused-ring (bicyclic) bond motifs is 3. The van der Waals surface area contributed by atoms with Crippen LogP contribution in [-0.2, 0) is 16.7 Å². The SMILES string of the molecule is CC(C)(C)c1nc(-c2ncn3c2CN(C(=O)N2CCOCC2)c2ccccc2-3)no1. The molecule has 2 aromatic heterocycles. The van der Waals surface area contributed by atoms with E-state index in [-0.39, 0.29) is 11.4 Å². The van der Waals surface area contributed by atoms with Gasteiger partial charge in [-0.1, -0.05) is 38.1 Å². The summed E-state index contributed by atoms with van der Waals surface area (Å²) in [6.45, 7) is 8.73. The number of hydrogen-bond donors (Lipinski definition) is 0. The van der Waals surface area contributed by atoms with Crippen LogP contribution in [0.2, 0.25) is 0 Å². The van der Waals surface area contributed by atoms with Gasteiger partial charge in [0.25, 0.3) is 0 Å². The molecule has 2 amide bonds. The summed E-state index contributed by atoms with van der Waals surface area (Å²) in [5.41, 5.74) is 2.99. The number of aromatic nitrogens is 4. The van der Waals surface area contributed by atoms with E-state index in [1.165, 1.54) is 0 Å². The highest BCUT2D eigenvalue weighted by atomic mass is 16.5. The van der Waals surface area contributed by atoms with Crippen LogP contribution in [0.5, 0.6) is 0 Å². The van der Waals surface area contributed by atoms with Crippen molar-refractivity contribution >= 4 is 11.7 Å². The maximum absolute atomic E-state index is 13.3. The molecule has 2 aliphatic heterocycles. The summed E-state index contributed by atoms with van der Waals surface area (Å²) in [5, 5.41) is 4.16. The van der Waals surface area contributed by atoms with E-state index in [9.17, 15) is 4.79 Å². The number of nitrogens with zero attached hydrogens (tertiary/aromatic N) is 6. The Kier molecular flexibility index (Phi) is 4.35. The van der Waals surface area contributed by atoms with Crippen LogP contribution in [0.3, 0.4) is 0 Å². The van der Waals surface area contributed by atoms with Gasteiger partial charge in [-0.2, -0.15) is 4.98 Å². The molecule has 30 heavy (non-hydrogen) atoms. The summed E-state index contributed by atoms with van der Waals surface area (Å²) in [6, 6.07) is 7.81. The van der Waals surface area contributed by atoms with Crippen LogP contribution in [0, 0.1) is 0 Å². The van der Waals surface area contributed by atoms with Crippen LogP contribution in [0.15, 0.2) is 35.1 Å². The fourth-order valence-electron chi connectivity index (χ4n) is 3.77. The Morgan fingerprint density at radius 3 is 2.53 bits per heavy atom. The van der Waals surface area contributed by atoms with Crippen LogP contribution >= 0.6 is 0 Å². The second kappa shape index (κ2) is 6.94. The number of anilines is 1. The Morgan fingerprint density at radius 1 is 1.10 bits per heavy atom. The lowest BCUT2D eigenvalue weighted by Gasteiger charge is -2.36. The predicted octanol–water partition coefficient (Wildman–Crippen LogP) is 2.99. The Morgan fingerprint density at radius 2 is 1.83 bits per heavy atom. The van der Waals surface area contributed by atoms with Gasteiger partial charge in [0.1, 0.15) is 12.0 Å². The normalized spacial score (nSPS) is 16.4. The van der Waals surface area contributed by atoms with Crippen molar-refractivity contribution in [2.75, 3.05) is 31.2 Å². The van der Waals surface area contributed by atoms with E-state index in [0.29, 0.717) is 50.3 Å². The molecule has 2 aliphatic rings. The molecule has 0 aliphatic carbocycles. The van der Waals surface area contributed by atoms with E-state index in [1.54, 1.807) is 11.2 Å². The molecule has 4 heterocycles. The van der Waals surface area contributed by atoms with E-state index in [0.717, 1.165) is 17.1 Å². The highest BCUT2D eigenvalue weighted by Crippen LogP contribution is 2.36. The van der Waals surface area contributed by atoms with Crippen molar-refractivity contribution in [1.29, 1.82) is 0 Å². The van der Waals surface area contributed by atoms with Crippen LogP contribution in [0.1, 0.15) is 32.4 Å². The molecule has 9 heteroatoms. The lowest BCUT2D eigenvalue weighted by molar-refractivity contribution is 0.0547. The number of urea groups is 1. The molecule has 1 fully saturated rings. The Labute approximate surface area is 174 Å². The zero-order valence-electron chi connectivity index (χ0n) is 17.3. The van der Waals surface area contributed by atoms with Gasteiger partial charge < -0.3 is 14.2 Å². The molecule has 156 valence electrons. The Balaban J connectivity index is 1.56. The summed E-state index contributed by atoms with van der Waals surface area (Å²) in [5.74, 6) is 0.989. The van der Waals surface area contributed by atoms with E-state index in [4.69, 9.17) is 9.26 Å². The monoisotopic (exact) mass is 408 g/mol. The number of para-hydroxylation sites is 2. The summed E-state index contributed by atoms with van der Waals surface area (Å²) >= 11 is 0. The van der Waals surface area contributed by atoms with Crippen molar-refractivity contribution in [1.82, 2.24) is 24.6 Å². The first-order valence-corrected chi connectivity index (χ1v) is 10.1. The standard InChI is InChI=1S/C21H24N6O3/c1-21(2,3)19-23-18(24-30-19)17-16-12-26(20(28)25-8-10-29-11-9-25)14-6-4-5-7-15(14)27(16)13-22-17/h4-7,13H,8-12H2,1-3H3. The first-order valence-electron chi connectivity index (χ1n) is 10.1. The largest absolute Gasteiger partial charge is 0.378 e. The quantitative estimate of drug-likeness (QED) is 0.615. The smallest absolute Gasteiger partial charge is 0.325 e.